The Morgan fingerprint density at radius 2 is 0.633 bits per heavy atom. The van der Waals surface area contributed by atoms with E-state index in [0.717, 1.165) is 19.6 Å². The zero-order valence-corrected chi connectivity index (χ0v) is 30.7. The molecule has 0 unspecified atom stereocenters. The summed E-state index contributed by atoms with van der Waals surface area (Å²) in [5, 5.41) is 3.95. The second-order valence-electron chi connectivity index (χ2n) is 12.9. The Balaban J connectivity index is 1.12. The first kappa shape index (κ1) is 29.9. The van der Waals surface area contributed by atoms with Gasteiger partial charge in [0, 0.05) is 0 Å². The number of fused-ring (bicyclic) bond motifs is 3. The van der Waals surface area contributed by atoms with Crippen LogP contribution >= 0.6 is 0 Å². The molecule has 0 saturated heterocycles. The van der Waals surface area contributed by atoms with Gasteiger partial charge in [-0.2, -0.15) is 0 Å². The average molecular weight is 828 g/mol. The monoisotopic (exact) mass is 827 g/mol. The first-order valence-corrected chi connectivity index (χ1v) is 22.2. The zero-order chi connectivity index (χ0) is 32.6. The molecule has 0 radical (unpaired) electrons. The van der Waals surface area contributed by atoms with E-state index in [1.807, 2.05) is 0 Å². The number of aromatic nitrogens is 3. The van der Waals surface area contributed by atoms with E-state index in [-0.39, 0.29) is 0 Å². The second kappa shape index (κ2) is 13.0. The number of hydrogen-bond acceptors (Lipinski definition) is 0. The van der Waals surface area contributed by atoms with E-state index in [0.29, 0.717) is 0 Å². The van der Waals surface area contributed by atoms with Gasteiger partial charge in [0.2, 0.25) is 0 Å². The predicted molar refractivity (Wildman–Crippen MR) is 207 cm³/mol. The van der Waals surface area contributed by atoms with Gasteiger partial charge in [0.25, 0.3) is 0 Å². The van der Waals surface area contributed by atoms with E-state index in [4.69, 9.17) is 0 Å². The van der Waals surface area contributed by atoms with Gasteiger partial charge in [0.1, 0.15) is 0 Å². The molecule has 4 heteroatoms. The summed E-state index contributed by atoms with van der Waals surface area (Å²) in [6.07, 6.45) is 6.73. The Morgan fingerprint density at radius 3 is 0.939 bits per heavy atom. The maximum absolute atomic E-state index is 2.74. The van der Waals surface area contributed by atoms with Gasteiger partial charge in [0.05, 0.1) is 0 Å². The van der Waals surface area contributed by atoms with Crippen molar-refractivity contribution in [2.75, 3.05) is 0 Å². The van der Waals surface area contributed by atoms with Crippen LogP contribution in [-0.4, -0.2) is 35.5 Å². The van der Waals surface area contributed by atoms with Crippen LogP contribution in [0.25, 0.3) is 32.7 Å². The molecule has 0 spiro atoms. The average Bonchev–Trinajstić information content (AvgIpc) is 3.86. The SMILES string of the molecule is c1ccc(Cn2ccc3c[c]([Bi]([c]4ccc5c(ccn5Cc5ccccc5)c4)[c]4ccc5c(ccn5Cc5ccccc5)c4)ccc32)cc1. The van der Waals surface area contributed by atoms with E-state index in [1.165, 1.54) is 59.2 Å². The summed E-state index contributed by atoms with van der Waals surface area (Å²) >= 11 is -2.74. The van der Waals surface area contributed by atoms with Crippen molar-refractivity contribution >= 4 is 64.3 Å². The predicted octanol–water partition coefficient (Wildman–Crippen LogP) is 8.21. The summed E-state index contributed by atoms with van der Waals surface area (Å²) in [6.45, 7) is 2.63. The van der Waals surface area contributed by atoms with Gasteiger partial charge in [0.15, 0.2) is 0 Å². The van der Waals surface area contributed by atoms with Crippen molar-refractivity contribution in [3.05, 3.63) is 199 Å². The topological polar surface area (TPSA) is 14.8 Å². The molecule has 0 saturated carbocycles. The number of nitrogens with zero attached hydrogens (tertiary/aromatic N) is 3. The first-order valence-electron chi connectivity index (χ1n) is 16.9. The van der Waals surface area contributed by atoms with Crippen molar-refractivity contribution in [3.8, 4) is 0 Å². The Labute approximate surface area is 295 Å². The van der Waals surface area contributed by atoms with Crippen LogP contribution in [0.15, 0.2) is 182 Å². The molecular weight excluding hydrogens is 791 g/mol. The zero-order valence-electron chi connectivity index (χ0n) is 27.2. The van der Waals surface area contributed by atoms with Crippen LogP contribution in [0.4, 0.5) is 0 Å². The van der Waals surface area contributed by atoms with E-state index in [9.17, 15) is 0 Å². The van der Waals surface area contributed by atoms with Crippen LogP contribution in [0, 0.1) is 0 Å². The minimum absolute atomic E-state index is 0.878. The Kier molecular flexibility index (Phi) is 7.96. The summed E-state index contributed by atoms with van der Waals surface area (Å²) in [7, 11) is 0. The van der Waals surface area contributed by atoms with Gasteiger partial charge >= 0.3 is 297 Å². The van der Waals surface area contributed by atoms with Crippen molar-refractivity contribution < 1.29 is 0 Å². The molecule has 0 aliphatic rings. The molecule has 236 valence electrons. The van der Waals surface area contributed by atoms with Gasteiger partial charge in [-0.15, -0.1) is 0 Å². The van der Waals surface area contributed by atoms with Crippen LogP contribution in [0.5, 0.6) is 0 Å². The van der Waals surface area contributed by atoms with E-state index < -0.39 is 21.8 Å². The molecule has 0 atom stereocenters. The molecular formula is C45H36BiN3. The Bertz CT molecular complexity index is 2240. The summed E-state index contributed by atoms with van der Waals surface area (Å²) in [5.74, 6) is 0. The second-order valence-corrected chi connectivity index (χ2v) is 21.5. The van der Waals surface area contributed by atoms with Gasteiger partial charge < -0.3 is 0 Å². The molecule has 0 aliphatic heterocycles. The fourth-order valence-corrected chi connectivity index (χ4v) is 16.4. The standard InChI is InChI=1S/3C15H12N.Bi/c3*1-2-6-13(7-3-1)12-16-11-10-14-8-4-5-9-15(14)16;/h3*1-3,5-11H,12H2;. The quantitative estimate of drug-likeness (QED) is 0.131. The normalized spacial score (nSPS) is 11.7. The Morgan fingerprint density at radius 1 is 0.327 bits per heavy atom. The van der Waals surface area contributed by atoms with Gasteiger partial charge in [-0.1, -0.05) is 0 Å². The summed E-state index contributed by atoms with van der Waals surface area (Å²) in [5.41, 5.74) is 7.83. The molecule has 0 amide bonds. The third-order valence-corrected chi connectivity index (χ3v) is 18.9. The molecule has 0 N–H and O–H groups in total. The van der Waals surface area contributed by atoms with Crippen molar-refractivity contribution in [1.29, 1.82) is 0 Å². The molecule has 6 aromatic carbocycles. The molecule has 3 nitrogen and oxygen atoms in total. The molecule has 3 heterocycles. The Hall–Kier alpha value is -5.18. The van der Waals surface area contributed by atoms with Crippen molar-refractivity contribution in [2.24, 2.45) is 0 Å². The van der Waals surface area contributed by atoms with Gasteiger partial charge in [-0.3, -0.25) is 0 Å². The molecule has 9 aromatic rings. The molecule has 0 bridgehead atoms. The fraction of sp³-hybridized carbons (Fsp3) is 0.0667. The van der Waals surface area contributed by atoms with Crippen LogP contribution in [0.1, 0.15) is 16.7 Å². The number of rotatable bonds is 9. The maximum atomic E-state index is 2.49. The van der Waals surface area contributed by atoms with Crippen molar-refractivity contribution in [3.63, 3.8) is 0 Å². The van der Waals surface area contributed by atoms with Crippen molar-refractivity contribution in [1.82, 2.24) is 13.7 Å². The third-order valence-electron chi connectivity index (χ3n) is 9.63. The van der Waals surface area contributed by atoms with Crippen LogP contribution in [0.2, 0.25) is 0 Å². The third kappa shape index (κ3) is 6.03. The van der Waals surface area contributed by atoms with E-state index in [2.05, 4.69) is 196 Å². The van der Waals surface area contributed by atoms with Crippen LogP contribution in [-0.2, 0) is 19.6 Å². The van der Waals surface area contributed by atoms with Crippen LogP contribution < -0.4 is 9.81 Å². The van der Waals surface area contributed by atoms with Gasteiger partial charge in [-0.05, 0) is 0 Å². The minimum atomic E-state index is -2.74. The number of benzene rings is 6. The fourth-order valence-electron chi connectivity index (χ4n) is 7.18. The summed E-state index contributed by atoms with van der Waals surface area (Å²) in [6, 6.07) is 61.0. The molecule has 9 rings (SSSR count). The van der Waals surface area contributed by atoms with Crippen LogP contribution in [0.3, 0.4) is 0 Å². The molecule has 0 fully saturated rings. The number of hydrogen-bond donors (Lipinski definition) is 0. The molecule has 49 heavy (non-hydrogen) atoms. The summed E-state index contributed by atoms with van der Waals surface area (Å²) < 4.78 is 11.6. The molecule has 3 aromatic heterocycles. The first-order chi connectivity index (χ1) is 24.2. The molecule has 0 aliphatic carbocycles. The summed E-state index contributed by atoms with van der Waals surface area (Å²) in [4.78, 5) is 0. The van der Waals surface area contributed by atoms with Gasteiger partial charge in [-0.25, -0.2) is 0 Å². The van der Waals surface area contributed by atoms with Crippen molar-refractivity contribution in [2.45, 2.75) is 19.6 Å². The van der Waals surface area contributed by atoms with E-state index in [1.54, 1.807) is 0 Å². The van der Waals surface area contributed by atoms with E-state index >= 15 is 0 Å².